The van der Waals surface area contributed by atoms with E-state index in [1.807, 2.05) is 0 Å². The van der Waals surface area contributed by atoms with E-state index in [1.54, 1.807) is 0 Å². The number of hydrogen-bond donors (Lipinski definition) is 1. The molecule has 28 heavy (non-hydrogen) atoms. The first-order chi connectivity index (χ1) is 13.0. The van der Waals surface area contributed by atoms with Gasteiger partial charge in [0.05, 0.1) is 17.1 Å². The third kappa shape index (κ3) is 3.43. The van der Waals surface area contributed by atoms with Crippen molar-refractivity contribution in [1.29, 1.82) is 0 Å². The first-order valence-electron chi connectivity index (χ1n) is 7.74. The van der Waals surface area contributed by atoms with E-state index in [-0.39, 0.29) is 32.6 Å². The highest BCUT2D eigenvalue weighted by atomic mass is 35.5. The lowest BCUT2D eigenvalue weighted by atomic mass is 10.0. The maximum Gasteiger partial charge on any atom is 0.438 e. The van der Waals surface area contributed by atoms with Crippen LogP contribution in [0.5, 0.6) is 0 Å². The fourth-order valence-electron chi connectivity index (χ4n) is 2.63. The van der Waals surface area contributed by atoms with Gasteiger partial charge in [-0.3, -0.25) is 14.9 Å². The van der Waals surface area contributed by atoms with E-state index < -0.39 is 29.2 Å². The Kier molecular flexibility index (Phi) is 4.86. The predicted octanol–water partition coefficient (Wildman–Crippen LogP) is 3.75. The molecule has 0 bridgehead atoms. The molecular formula is C17H11ClF3N3O4. The van der Waals surface area contributed by atoms with Gasteiger partial charge in [0.25, 0.3) is 17.3 Å². The molecule has 1 aliphatic heterocycles. The summed E-state index contributed by atoms with van der Waals surface area (Å²) in [5.74, 6) is -1.17. The largest absolute Gasteiger partial charge is 0.438 e. The Balaban J connectivity index is 2.02. The molecule has 1 atom stereocenters. The van der Waals surface area contributed by atoms with Crippen LogP contribution in [-0.2, 0) is 0 Å². The molecule has 1 aliphatic rings. The van der Waals surface area contributed by atoms with E-state index in [4.69, 9.17) is 11.6 Å². The van der Waals surface area contributed by atoms with Gasteiger partial charge in [-0.25, -0.2) is 0 Å². The molecule has 11 heteroatoms. The fraction of sp³-hybridized carbons (Fsp3) is 0.176. The fourth-order valence-corrected chi connectivity index (χ4v) is 2.76. The van der Waals surface area contributed by atoms with Crippen LogP contribution in [0, 0.1) is 10.1 Å². The molecule has 7 nitrogen and oxygen atoms in total. The number of rotatable bonds is 3. The van der Waals surface area contributed by atoms with Gasteiger partial charge in [0.15, 0.2) is 0 Å². The van der Waals surface area contributed by atoms with Gasteiger partial charge in [0.2, 0.25) is 0 Å². The molecule has 0 aliphatic carbocycles. The Morgan fingerprint density at radius 2 is 1.75 bits per heavy atom. The van der Waals surface area contributed by atoms with Gasteiger partial charge >= 0.3 is 6.18 Å². The topological polar surface area (TPSA) is 96.0 Å². The number of nitrogens with zero attached hydrogens (tertiary/aromatic N) is 3. The third-order valence-corrected chi connectivity index (χ3v) is 4.39. The van der Waals surface area contributed by atoms with Gasteiger partial charge in [-0.15, -0.1) is 0 Å². The Morgan fingerprint density at radius 1 is 1.18 bits per heavy atom. The average Bonchev–Trinajstić information content (AvgIpc) is 3.01. The second kappa shape index (κ2) is 6.88. The minimum absolute atomic E-state index is 0.0208. The van der Waals surface area contributed by atoms with Crippen LogP contribution in [0.15, 0.2) is 53.6 Å². The summed E-state index contributed by atoms with van der Waals surface area (Å²) in [6.07, 6.45) is -6.21. The van der Waals surface area contributed by atoms with Crippen LogP contribution in [0.1, 0.15) is 22.3 Å². The molecule has 0 spiro atoms. The number of halogens is 4. The molecule has 0 saturated carbocycles. The lowest BCUT2D eigenvalue weighted by Gasteiger charge is -2.32. The summed E-state index contributed by atoms with van der Waals surface area (Å²) in [5.41, 5.74) is -4.10. The lowest BCUT2D eigenvalue weighted by Crippen LogP contribution is -2.56. The zero-order valence-corrected chi connectivity index (χ0v) is 14.6. The molecule has 1 amide bonds. The number of benzene rings is 2. The van der Waals surface area contributed by atoms with Crippen LogP contribution < -0.4 is 0 Å². The van der Waals surface area contributed by atoms with Crippen molar-refractivity contribution >= 4 is 28.9 Å². The van der Waals surface area contributed by atoms with E-state index in [1.165, 1.54) is 36.4 Å². The van der Waals surface area contributed by atoms with Gasteiger partial charge in [0.1, 0.15) is 0 Å². The molecule has 0 aromatic heterocycles. The summed E-state index contributed by atoms with van der Waals surface area (Å²) in [7, 11) is 0. The van der Waals surface area contributed by atoms with Crippen molar-refractivity contribution in [1.82, 2.24) is 5.01 Å². The number of carbonyl (C=O) groups is 1. The average molecular weight is 414 g/mol. The van der Waals surface area contributed by atoms with Gasteiger partial charge in [-0.1, -0.05) is 11.6 Å². The molecule has 2 aromatic rings. The number of non-ortho nitro benzene ring substituents is 1. The normalized spacial score (nSPS) is 19.5. The van der Waals surface area contributed by atoms with Crippen LogP contribution in [0.4, 0.5) is 18.9 Å². The molecule has 0 unspecified atom stereocenters. The van der Waals surface area contributed by atoms with Gasteiger partial charge < -0.3 is 5.11 Å². The lowest BCUT2D eigenvalue weighted by molar-refractivity contribution is -0.384. The van der Waals surface area contributed by atoms with Gasteiger partial charge in [-0.2, -0.15) is 23.3 Å². The van der Waals surface area contributed by atoms with Crippen molar-refractivity contribution in [3.05, 3.63) is 74.8 Å². The van der Waals surface area contributed by atoms with Crippen LogP contribution in [0.3, 0.4) is 0 Å². The summed E-state index contributed by atoms with van der Waals surface area (Å²) >= 11 is 5.71. The second-order valence-electron chi connectivity index (χ2n) is 5.97. The molecule has 0 fully saturated rings. The van der Waals surface area contributed by atoms with Gasteiger partial charge in [-0.05, 0) is 42.0 Å². The number of alkyl halides is 3. The zero-order chi connectivity index (χ0) is 20.7. The molecule has 1 N–H and O–H groups in total. The van der Waals surface area contributed by atoms with Crippen molar-refractivity contribution in [2.75, 3.05) is 0 Å². The number of carbonyl (C=O) groups excluding carboxylic acids is 1. The van der Waals surface area contributed by atoms with Crippen molar-refractivity contribution in [2.45, 2.75) is 18.3 Å². The molecule has 3 rings (SSSR count). The molecule has 0 saturated heterocycles. The van der Waals surface area contributed by atoms with E-state index in [9.17, 15) is 33.2 Å². The summed E-state index contributed by atoms with van der Waals surface area (Å²) in [4.78, 5) is 22.6. The Morgan fingerprint density at radius 3 is 2.25 bits per heavy atom. The number of hydrogen-bond acceptors (Lipinski definition) is 5. The molecule has 0 radical (unpaired) electrons. The predicted molar refractivity (Wildman–Crippen MR) is 92.9 cm³/mol. The Hall–Kier alpha value is -2.98. The summed E-state index contributed by atoms with van der Waals surface area (Å²) in [5, 5.41) is 24.9. The monoisotopic (exact) mass is 413 g/mol. The van der Waals surface area contributed by atoms with Crippen molar-refractivity contribution < 1.29 is 28.0 Å². The van der Waals surface area contributed by atoms with E-state index >= 15 is 0 Å². The van der Waals surface area contributed by atoms with Crippen molar-refractivity contribution in [2.24, 2.45) is 5.10 Å². The molecule has 146 valence electrons. The quantitative estimate of drug-likeness (QED) is 0.612. The Bertz CT molecular complexity index is 961. The highest BCUT2D eigenvalue weighted by molar-refractivity contribution is 6.30. The highest BCUT2D eigenvalue weighted by Gasteiger charge is 2.63. The maximum atomic E-state index is 13.6. The van der Waals surface area contributed by atoms with Crippen LogP contribution in [-0.4, -0.2) is 38.6 Å². The first kappa shape index (κ1) is 19.8. The Labute approximate surface area is 160 Å². The highest BCUT2D eigenvalue weighted by Crippen LogP contribution is 2.42. The van der Waals surface area contributed by atoms with Crippen LogP contribution in [0.2, 0.25) is 5.02 Å². The van der Waals surface area contributed by atoms with Crippen molar-refractivity contribution in [3.63, 3.8) is 0 Å². The summed E-state index contributed by atoms with van der Waals surface area (Å²) < 4.78 is 40.7. The number of hydrazone groups is 1. The minimum Gasteiger partial charge on any atom is -0.362 e. The van der Waals surface area contributed by atoms with E-state index in [2.05, 4.69) is 5.10 Å². The number of nitro benzene ring substituents is 1. The number of amides is 1. The summed E-state index contributed by atoms with van der Waals surface area (Å²) in [6.45, 7) is 0. The van der Waals surface area contributed by atoms with Crippen LogP contribution >= 0.6 is 11.6 Å². The number of aliphatic hydroxyl groups is 1. The molecular weight excluding hydrogens is 403 g/mol. The zero-order valence-electron chi connectivity index (χ0n) is 13.9. The smallest absolute Gasteiger partial charge is 0.362 e. The van der Waals surface area contributed by atoms with Crippen LogP contribution in [0.25, 0.3) is 0 Å². The summed E-state index contributed by atoms with van der Waals surface area (Å²) in [6, 6.07) is 9.63. The maximum absolute atomic E-state index is 13.6. The number of nitro groups is 1. The van der Waals surface area contributed by atoms with E-state index in [0.717, 1.165) is 12.1 Å². The SMILES string of the molecule is O=C(c1ccc(Cl)cc1)N1N=C(c2ccc([N+](=O)[O-])cc2)C[C@@]1(O)C(F)(F)F. The standard InChI is InChI=1S/C17H11ClF3N3O4/c18-12-5-1-11(2-6-12)15(25)23-16(26,17(19,20)21)9-14(22-23)10-3-7-13(8-4-10)24(27)28/h1-8,26H,9H2/t16-/m1/s1. The van der Waals surface area contributed by atoms with Gasteiger partial charge in [0, 0.05) is 22.7 Å². The third-order valence-electron chi connectivity index (χ3n) is 4.13. The minimum atomic E-state index is -5.19. The molecule has 1 heterocycles. The second-order valence-corrected chi connectivity index (χ2v) is 6.40. The first-order valence-corrected chi connectivity index (χ1v) is 8.12. The molecule has 2 aromatic carbocycles. The van der Waals surface area contributed by atoms with E-state index in [0.29, 0.717) is 0 Å². The van der Waals surface area contributed by atoms with Crippen molar-refractivity contribution in [3.8, 4) is 0 Å².